The van der Waals surface area contributed by atoms with Crippen molar-refractivity contribution in [1.29, 1.82) is 0 Å². The van der Waals surface area contributed by atoms with E-state index >= 15 is 0 Å². The fraction of sp³-hybridized carbons (Fsp3) is 0.533. The molecule has 2 rings (SSSR count). The molecule has 0 heterocycles. The van der Waals surface area contributed by atoms with Crippen molar-refractivity contribution >= 4 is 15.8 Å². The molecule has 0 spiro atoms. The van der Waals surface area contributed by atoms with Crippen molar-refractivity contribution in [2.24, 2.45) is 5.73 Å². The molecule has 2 N–H and O–H groups in total. The van der Waals surface area contributed by atoms with Gasteiger partial charge in [0.15, 0.2) is 9.84 Å². The van der Waals surface area contributed by atoms with Crippen molar-refractivity contribution in [3.05, 3.63) is 29.8 Å². The molecule has 1 aromatic rings. The third-order valence-electron chi connectivity index (χ3n) is 4.07. The molecule has 1 fully saturated rings. The zero-order valence-electron chi connectivity index (χ0n) is 12.9. The topological polar surface area (TPSA) is 95.7 Å². The van der Waals surface area contributed by atoms with E-state index < -0.39 is 32.5 Å². The number of carbonyl (C=O) groups is 1. The minimum atomic E-state index is -3.47. The van der Waals surface area contributed by atoms with Crippen LogP contribution in [0, 0.1) is 0 Å². The van der Waals surface area contributed by atoms with E-state index in [-0.39, 0.29) is 12.4 Å². The van der Waals surface area contributed by atoms with Crippen LogP contribution in [0.2, 0.25) is 0 Å². The van der Waals surface area contributed by atoms with Crippen molar-refractivity contribution in [2.75, 3.05) is 19.5 Å². The average molecular weight is 327 g/mol. The van der Waals surface area contributed by atoms with Crippen molar-refractivity contribution in [2.45, 2.75) is 30.6 Å². The molecule has 0 bridgehead atoms. The fourth-order valence-electron chi connectivity index (χ4n) is 2.82. The first kappa shape index (κ1) is 16.8. The number of rotatable bonds is 6. The molecule has 22 heavy (non-hydrogen) atoms. The van der Waals surface area contributed by atoms with E-state index in [1.54, 1.807) is 45.2 Å². The van der Waals surface area contributed by atoms with E-state index in [4.69, 9.17) is 15.2 Å². The van der Waals surface area contributed by atoms with E-state index in [2.05, 4.69) is 0 Å². The number of hydrogen-bond donors (Lipinski definition) is 1. The normalized spacial score (nSPS) is 27.3. The Kier molecular flexibility index (Phi) is 4.49. The number of methoxy groups -OCH3 is 1. The number of benzene rings is 1. The van der Waals surface area contributed by atoms with Crippen LogP contribution in [0.5, 0.6) is 5.75 Å². The molecule has 1 aliphatic carbocycles. The first-order chi connectivity index (χ1) is 10.3. The summed E-state index contributed by atoms with van der Waals surface area (Å²) in [5.74, 6) is -0.679. The van der Waals surface area contributed by atoms with Gasteiger partial charge in [-0.1, -0.05) is 19.1 Å². The Hall–Kier alpha value is -1.60. The SMILES string of the molecule is CCOC(=O)[C@]1(N)[C@H](c2ccc(OC)cc2)[C@H]1S(=O)(=O)CC. The van der Waals surface area contributed by atoms with Crippen LogP contribution < -0.4 is 10.5 Å². The highest BCUT2D eigenvalue weighted by Gasteiger charge is 2.74. The highest BCUT2D eigenvalue weighted by molar-refractivity contribution is 7.92. The van der Waals surface area contributed by atoms with Crippen LogP contribution in [-0.4, -0.2) is 44.6 Å². The second-order valence-electron chi connectivity index (χ2n) is 5.28. The van der Waals surface area contributed by atoms with Gasteiger partial charge in [0.1, 0.15) is 11.3 Å². The fourth-order valence-corrected chi connectivity index (χ4v) is 4.73. The lowest BCUT2D eigenvalue weighted by molar-refractivity contribution is -0.145. The van der Waals surface area contributed by atoms with Gasteiger partial charge in [0.2, 0.25) is 0 Å². The summed E-state index contributed by atoms with van der Waals surface area (Å²) in [6.07, 6.45) is 0. The monoisotopic (exact) mass is 327 g/mol. The molecule has 0 unspecified atom stereocenters. The molecule has 0 aliphatic heterocycles. The number of hydrogen-bond acceptors (Lipinski definition) is 6. The molecule has 1 aromatic carbocycles. The van der Waals surface area contributed by atoms with Gasteiger partial charge in [0, 0.05) is 11.7 Å². The van der Waals surface area contributed by atoms with Gasteiger partial charge < -0.3 is 15.2 Å². The Balaban J connectivity index is 2.40. The number of nitrogens with two attached hydrogens (primary N) is 1. The van der Waals surface area contributed by atoms with E-state index in [1.807, 2.05) is 0 Å². The third kappa shape index (κ3) is 2.59. The van der Waals surface area contributed by atoms with E-state index in [0.29, 0.717) is 11.3 Å². The maximum Gasteiger partial charge on any atom is 0.328 e. The highest BCUT2D eigenvalue weighted by Crippen LogP contribution is 2.55. The van der Waals surface area contributed by atoms with Crippen LogP contribution >= 0.6 is 0 Å². The van der Waals surface area contributed by atoms with Crippen LogP contribution in [0.4, 0.5) is 0 Å². The Morgan fingerprint density at radius 1 is 1.27 bits per heavy atom. The molecule has 1 saturated carbocycles. The minimum absolute atomic E-state index is 0.0668. The van der Waals surface area contributed by atoms with E-state index in [9.17, 15) is 13.2 Å². The van der Waals surface area contributed by atoms with Crippen LogP contribution in [-0.2, 0) is 19.4 Å². The van der Waals surface area contributed by atoms with Crippen LogP contribution in [0.1, 0.15) is 25.3 Å². The Morgan fingerprint density at radius 3 is 2.32 bits per heavy atom. The molecule has 3 atom stereocenters. The molecule has 7 heteroatoms. The van der Waals surface area contributed by atoms with Gasteiger partial charge in [-0.15, -0.1) is 0 Å². The van der Waals surface area contributed by atoms with Crippen LogP contribution in [0.3, 0.4) is 0 Å². The minimum Gasteiger partial charge on any atom is -0.497 e. The lowest BCUT2D eigenvalue weighted by atomic mass is 10.1. The van der Waals surface area contributed by atoms with Gasteiger partial charge in [-0.05, 0) is 24.6 Å². The maximum absolute atomic E-state index is 12.3. The first-order valence-electron chi connectivity index (χ1n) is 7.14. The zero-order chi connectivity index (χ0) is 16.5. The molecule has 6 nitrogen and oxygen atoms in total. The summed E-state index contributed by atoms with van der Waals surface area (Å²) in [5.41, 5.74) is 5.32. The number of esters is 1. The standard InChI is InChI=1S/C15H21NO5S/c1-4-21-14(17)15(16)12(13(15)22(18,19)5-2)10-6-8-11(20-3)9-7-10/h6-9,12-13H,4-5,16H2,1-3H3/t12-,13-,15+/m1/s1. The molecule has 0 amide bonds. The average Bonchev–Trinajstić information content (AvgIpc) is 3.16. The largest absolute Gasteiger partial charge is 0.497 e. The van der Waals surface area contributed by atoms with Crippen molar-refractivity contribution < 1.29 is 22.7 Å². The highest BCUT2D eigenvalue weighted by atomic mass is 32.2. The van der Waals surface area contributed by atoms with Gasteiger partial charge in [-0.2, -0.15) is 0 Å². The van der Waals surface area contributed by atoms with Gasteiger partial charge >= 0.3 is 5.97 Å². The summed E-state index contributed by atoms with van der Waals surface area (Å²) in [4.78, 5) is 12.2. The maximum atomic E-state index is 12.3. The Labute approximate surface area is 130 Å². The third-order valence-corrected chi connectivity index (χ3v) is 6.31. The number of ether oxygens (including phenoxy) is 2. The van der Waals surface area contributed by atoms with E-state index in [0.717, 1.165) is 0 Å². The summed E-state index contributed by atoms with van der Waals surface area (Å²) in [7, 11) is -1.92. The number of sulfone groups is 1. The van der Waals surface area contributed by atoms with Crippen molar-refractivity contribution in [1.82, 2.24) is 0 Å². The Morgan fingerprint density at radius 2 is 1.86 bits per heavy atom. The molecule has 1 aliphatic rings. The summed E-state index contributed by atoms with van der Waals surface area (Å²) >= 11 is 0. The lowest BCUT2D eigenvalue weighted by Gasteiger charge is -2.11. The molecule has 0 radical (unpaired) electrons. The summed E-state index contributed by atoms with van der Waals surface area (Å²) in [5, 5.41) is -0.947. The Bertz CT molecular complexity index is 655. The van der Waals surface area contributed by atoms with Crippen molar-refractivity contribution in [3.63, 3.8) is 0 Å². The lowest BCUT2D eigenvalue weighted by Crippen LogP contribution is -2.41. The molecular formula is C15H21NO5S. The predicted octanol–water partition coefficient (Wildman–Crippen LogP) is 0.856. The summed E-state index contributed by atoms with van der Waals surface area (Å²) in [6, 6.07) is 6.90. The van der Waals surface area contributed by atoms with Gasteiger partial charge in [0.05, 0.1) is 19.0 Å². The first-order valence-corrected chi connectivity index (χ1v) is 8.86. The van der Waals surface area contributed by atoms with Crippen molar-refractivity contribution in [3.8, 4) is 5.75 Å². The molecule has 122 valence electrons. The van der Waals surface area contributed by atoms with Crippen LogP contribution in [0.25, 0.3) is 0 Å². The predicted molar refractivity (Wildman–Crippen MR) is 82.5 cm³/mol. The molecule has 0 saturated heterocycles. The zero-order valence-corrected chi connectivity index (χ0v) is 13.7. The van der Waals surface area contributed by atoms with Crippen LogP contribution in [0.15, 0.2) is 24.3 Å². The van der Waals surface area contributed by atoms with E-state index in [1.165, 1.54) is 0 Å². The quantitative estimate of drug-likeness (QED) is 0.779. The molecular weight excluding hydrogens is 306 g/mol. The van der Waals surface area contributed by atoms with Gasteiger partial charge in [-0.3, -0.25) is 0 Å². The smallest absolute Gasteiger partial charge is 0.328 e. The number of carbonyl (C=O) groups excluding carboxylic acids is 1. The summed E-state index contributed by atoms with van der Waals surface area (Å²) < 4.78 is 34.6. The summed E-state index contributed by atoms with van der Waals surface area (Å²) in [6.45, 7) is 3.37. The second kappa shape index (κ2) is 5.89. The second-order valence-corrected chi connectivity index (χ2v) is 7.69. The van der Waals surface area contributed by atoms with Gasteiger partial charge in [0.25, 0.3) is 0 Å². The van der Waals surface area contributed by atoms with Gasteiger partial charge in [-0.25, -0.2) is 13.2 Å². The molecule has 0 aromatic heterocycles.